The molecule has 1 fully saturated rings. The number of carboxylic acid groups (broad SMARTS) is 1. The number of alkyl halides is 3. The summed E-state index contributed by atoms with van der Waals surface area (Å²) in [5.74, 6) is -1.40. The van der Waals surface area contributed by atoms with E-state index in [4.69, 9.17) is 16.3 Å². The van der Waals surface area contributed by atoms with E-state index in [1.165, 1.54) is 29.1 Å². The number of amides is 1. The van der Waals surface area contributed by atoms with Gasteiger partial charge in [-0.05, 0) is 57.7 Å². The summed E-state index contributed by atoms with van der Waals surface area (Å²) >= 11 is 6.17. The number of sulfonamides is 1. The molecule has 1 aliphatic heterocycles. The van der Waals surface area contributed by atoms with Gasteiger partial charge in [-0.15, -0.1) is 0 Å². The number of ether oxygens (including phenoxy) is 2. The highest BCUT2D eigenvalue weighted by atomic mass is 35.5. The zero-order valence-electron chi connectivity index (χ0n) is 21.7. The molecule has 4 rings (SSSR count). The number of rotatable bonds is 9. The Morgan fingerprint density at radius 3 is 2.52 bits per heavy atom. The number of nitrogens with one attached hydrogen (secondary N) is 1. The largest absolute Gasteiger partial charge is 0.486 e. The number of carboxylic acids is 1. The topological polar surface area (TPSA) is 140 Å². The normalized spacial score (nSPS) is 18.5. The molecule has 2 aliphatic rings. The van der Waals surface area contributed by atoms with Crippen LogP contribution in [0.25, 0.3) is 0 Å². The molecule has 0 radical (unpaired) electrons. The first-order chi connectivity index (χ1) is 18.5. The van der Waals surface area contributed by atoms with Crippen LogP contribution in [0.15, 0.2) is 29.3 Å². The summed E-state index contributed by atoms with van der Waals surface area (Å²) < 4.78 is 80.2. The number of nitrogens with zero attached hydrogens (tertiary/aromatic N) is 3. The summed E-state index contributed by atoms with van der Waals surface area (Å²) in [6.45, 7) is 3.19. The Labute approximate surface area is 233 Å². The number of carbonyl (C=O) groups is 2. The minimum Gasteiger partial charge on any atom is -0.486 e. The Balaban J connectivity index is 1.72. The molecule has 0 bridgehead atoms. The van der Waals surface area contributed by atoms with Crippen molar-refractivity contribution in [2.75, 3.05) is 16.2 Å². The van der Waals surface area contributed by atoms with Crippen LogP contribution in [0.5, 0.6) is 5.75 Å². The van der Waals surface area contributed by atoms with Gasteiger partial charge in [0.15, 0.2) is 5.15 Å². The number of benzene rings is 1. The second-order valence-corrected chi connectivity index (χ2v) is 12.3. The fraction of sp³-hybridized carbons (Fsp3) is 0.542. The standard InChI is InChI=1S/C24H28ClF3N4O7S/c1-4-31-12-19(21(25)30-31)40(36,37)32-11-18(15(10-20(33)34)13-5-6-13)38-17-8-7-14(9-16(17)32)29-22(35)39-23(2,3)24(26,27)28/h7-9,12-13,15,18H,4-6,10-11H2,1-3H3,(H,29,35)(H,33,34)/t15?,18-/m1/s1. The second kappa shape index (κ2) is 10.7. The number of carbonyl (C=O) groups excluding carboxylic acids is 1. The molecule has 1 saturated carbocycles. The predicted molar refractivity (Wildman–Crippen MR) is 137 cm³/mol. The highest BCUT2D eigenvalue weighted by molar-refractivity contribution is 7.93. The zero-order valence-corrected chi connectivity index (χ0v) is 23.3. The van der Waals surface area contributed by atoms with Gasteiger partial charge < -0.3 is 14.6 Å². The summed E-state index contributed by atoms with van der Waals surface area (Å²) in [6.07, 6.45) is -4.46. The van der Waals surface area contributed by atoms with Crippen molar-refractivity contribution in [1.29, 1.82) is 0 Å². The van der Waals surface area contributed by atoms with Gasteiger partial charge in [-0.3, -0.25) is 19.1 Å². The lowest BCUT2D eigenvalue weighted by atomic mass is 9.92. The summed E-state index contributed by atoms with van der Waals surface area (Å²) in [6, 6.07) is 3.86. The lowest BCUT2D eigenvalue weighted by molar-refractivity contribution is -0.242. The van der Waals surface area contributed by atoms with Gasteiger partial charge in [0.25, 0.3) is 10.0 Å². The van der Waals surface area contributed by atoms with Crippen molar-refractivity contribution in [2.45, 2.75) is 69.4 Å². The molecular weight excluding hydrogens is 581 g/mol. The molecule has 0 saturated heterocycles. The highest BCUT2D eigenvalue weighted by Crippen LogP contribution is 2.46. The fourth-order valence-corrected chi connectivity index (χ4v) is 6.33. The molecule has 1 aliphatic carbocycles. The maximum Gasteiger partial charge on any atom is 0.427 e. The molecule has 2 N–H and O–H groups in total. The number of halogens is 4. The average molecular weight is 609 g/mol. The van der Waals surface area contributed by atoms with Gasteiger partial charge in [0.05, 0.1) is 18.7 Å². The maximum atomic E-state index is 13.9. The van der Waals surface area contributed by atoms with E-state index in [1.807, 2.05) is 0 Å². The lowest BCUT2D eigenvalue weighted by Crippen LogP contribution is -2.47. The third-order valence-electron chi connectivity index (χ3n) is 6.82. The lowest BCUT2D eigenvalue weighted by Gasteiger charge is -2.38. The van der Waals surface area contributed by atoms with Gasteiger partial charge >= 0.3 is 18.2 Å². The molecular formula is C24H28ClF3N4O7S. The van der Waals surface area contributed by atoms with Gasteiger partial charge in [0.1, 0.15) is 16.7 Å². The van der Waals surface area contributed by atoms with E-state index in [9.17, 15) is 36.3 Å². The molecule has 16 heteroatoms. The molecule has 1 aromatic carbocycles. The van der Waals surface area contributed by atoms with Crippen molar-refractivity contribution in [3.63, 3.8) is 0 Å². The number of hydrogen-bond acceptors (Lipinski definition) is 7. The molecule has 0 spiro atoms. The molecule has 2 atom stereocenters. The SMILES string of the molecule is CCn1cc(S(=O)(=O)N2C[C@H](C(CC(=O)O)C3CC3)Oc3ccc(NC(=O)OC(C)(C)C(F)(F)F)cc32)c(Cl)n1. The van der Waals surface area contributed by atoms with Crippen molar-refractivity contribution < 1.29 is 45.8 Å². The summed E-state index contributed by atoms with van der Waals surface area (Å²) in [4.78, 5) is 23.6. The van der Waals surface area contributed by atoms with Crippen LogP contribution in [-0.4, -0.2) is 59.8 Å². The second-order valence-electron chi connectivity index (χ2n) is 10.1. The first kappa shape index (κ1) is 29.8. The molecule has 1 unspecified atom stereocenters. The number of aromatic nitrogens is 2. The van der Waals surface area contributed by atoms with Crippen molar-refractivity contribution in [3.8, 4) is 5.75 Å². The van der Waals surface area contributed by atoms with Crippen LogP contribution >= 0.6 is 11.6 Å². The Hall–Kier alpha value is -3.20. The summed E-state index contributed by atoms with van der Waals surface area (Å²) in [7, 11) is -4.39. The molecule has 11 nitrogen and oxygen atoms in total. The van der Waals surface area contributed by atoms with Crippen LogP contribution in [0.3, 0.4) is 0 Å². The number of fused-ring (bicyclic) bond motifs is 1. The van der Waals surface area contributed by atoms with Gasteiger partial charge in [-0.1, -0.05) is 11.6 Å². The highest BCUT2D eigenvalue weighted by Gasteiger charge is 2.51. The molecule has 40 heavy (non-hydrogen) atoms. The van der Waals surface area contributed by atoms with Crippen LogP contribution in [-0.2, 0) is 26.1 Å². The minimum absolute atomic E-state index is 0.0330. The number of aryl methyl sites for hydroxylation is 1. The first-order valence-electron chi connectivity index (χ1n) is 12.4. The van der Waals surface area contributed by atoms with E-state index in [1.54, 1.807) is 6.92 Å². The monoisotopic (exact) mass is 608 g/mol. The van der Waals surface area contributed by atoms with Gasteiger partial charge in [0.2, 0.25) is 5.60 Å². The summed E-state index contributed by atoms with van der Waals surface area (Å²) in [5, 5.41) is 15.4. The Bertz CT molecular complexity index is 1410. The third-order valence-corrected chi connectivity index (χ3v) is 8.99. The van der Waals surface area contributed by atoms with E-state index in [2.05, 4.69) is 15.2 Å². The van der Waals surface area contributed by atoms with E-state index in [-0.39, 0.29) is 46.1 Å². The van der Waals surface area contributed by atoms with Crippen LogP contribution in [0.1, 0.15) is 40.0 Å². The minimum atomic E-state index is -4.83. The van der Waals surface area contributed by atoms with Crippen molar-refractivity contribution in [1.82, 2.24) is 9.78 Å². The Morgan fingerprint density at radius 1 is 1.30 bits per heavy atom. The molecule has 1 amide bonds. The zero-order chi connectivity index (χ0) is 29.6. The number of hydrogen-bond donors (Lipinski definition) is 2. The first-order valence-corrected chi connectivity index (χ1v) is 14.2. The van der Waals surface area contributed by atoms with Crippen LogP contribution in [0, 0.1) is 11.8 Å². The number of aliphatic carboxylic acids is 1. The smallest absolute Gasteiger partial charge is 0.427 e. The molecule has 2 heterocycles. The van der Waals surface area contributed by atoms with Gasteiger partial charge in [0, 0.05) is 24.3 Å². The predicted octanol–water partition coefficient (Wildman–Crippen LogP) is 4.90. The third kappa shape index (κ3) is 6.09. The fourth-order valence-electron chi connectivity index (χ4n) is 4.40. The molecule has 1 aromatic heterocycles. The van der Waals surface area contributed by atoms with Gasteiger partial charge in [-0.25, -0.2) is 13.2 Å². The van der Waals surface area contributed by atoms with Gasteiger partial charge in [-0.2, -0.15) is 18.3 Å². The Morgan fingerprint density at radius 2 is 1.98 bits per heavy atom. The maximum absolute atomic E-state index is 13.9. The van der Waals surface area contributed by atoms with Crippen LogP contribution < -0.4 is 14.4 Å². The summed E-state index contributed by atoms with van der Waals surface area (Å²) in [5.41, 5.74) is -2.88. The average Bonchev–Trinajstić information content (AvgIpc) is 3.61. The molecule has 2 aromatic rings. The van der Waals surface area contributed by atoms with Crippen molar-refractivity contribution in [2.24, 2.45) is 11.8 Å². The van der Waals surface area contributed by atoms with Crippen molar-refractivity contribution in [3.05, 3.63) is 29.5 Å². The van der Waals surface area contributed by atoms with Crippen LogP contribution in [0.2, 0.25) is 5.15 Å². The van der Waals surface area contributed by atoms with E-state index >= 15 is 0 Å². The Kier molecular flexibility index (Phi) is 7.93. The molecule has 220 valence electrons. The van der Waals surface area contributed by atoms with Crippen molar-refractivity contribution >= 4 is 45.1 Å². The van der Waals surface area contributed by atoms with Crippen LogP contribution in [0.4, 0.5) is 29.3 Å². The van der Waals surface area contributed by atoms with E-state index in [0.717, 1.165) is 17.1 Å². The van der Waals surface area contributed by atoms with E-state index in [0.29, 0.717) is 20.4 Å². The van der Waals surface area contributed by atoms with E-state index < -0.39 is 45.9 Å². The quantitative estimate of drug-likeness (QED) is 0.410. The number of anilines is 2.